The van der Waals surface area contributed by atoms with E-state index in [0.717, 1.165) is 12.1 Å². The predicted molar refractivity (Wildman–Crippen MR) is 121 cm³/mol. The third kappa shape index (κ3) is 6.28. The quantitative estimate of drug-likeness (QED) is 0.290. The summed E-state index contributed by atoms with van der Waals surface area (Å²) < 4.78 is 43.3. The van der Waals surface area contributed by atoms with Crippen LogP contribution in [0.25, 0.3) is 0 Å². The van der Waals surface area contributed by atoms with Crippen LogP contribution in [-0.4, -0.2) is 13.0 Å². The number of halogens is 1. The normalized spacial score (nSPS) is 11.0. The van der Waals surface area contributed by atoms with Crippen molar-refractivity contribution >= 4 is 21.0 Å². The summed E-state index contributed by atoms with van der Waals surface area (Å²) in [5, 5.41) is 0. The van der Waals surface area contributed by atoms with E-state index in [2.05, 4.69) is 91.9 Å². The summed E-state index contributed by atoms with van der Waals surface area (Å²) in [4.78, 5) is 3.29. The third-order valence-corrected chi connectivity index (χ3v) is 7.42. The molecule has 0 N–H and O–H groups in total. The number of rotatable bonds is 4. The molecule has 4 aromatic carbocycles. The molecule has 0 saturated heterocycles. The van der Waals surface area contributed by atoms with Crippen LogP contribution in [0.15, 0.2) is 129 Å². The van der Waals surface area contributed by atoms with Gasteiger partial charge in [0.15, 0.2) is 14.7 Å². The van der Waals surface area contributed by atoms with Crippen molar-refractivity contribution in [1.29, 1.82) is 0 Å². The third-order valence-electron chi connectivity index (χ3n) is 4.32. The zero-order valence-corrected chi connectivity index (χ0v) is 18.4. The average molecular weight is 453 g/mol. The van der Waals surface area contributed by atoms with E-state index in [4.69, 9.17) is 0 Å². The second-order valence-electron chi connectivity index (χ2n) is 6.63. The van der Waals surface area contributed by atoms with Gasteiger partial charge in [0.05, 0.1) is 15.8 Å². The van der Waals surface area contributed by atoms with E-state index < -0.39 is 20.8 Å². The van der Waals surface area contributed by atoms with Crippen molar-refractivity contribution in [2.75, 3.05) is 0 Å². The molecule has 0 amide bonds. The van der Waals surface area contributed by atoms with Gasteiger partial charge in [0.2, 0.25) is 0 Å². The van der Waals surface area contributed by atoms with E-state index >= 15 is 0 Å². The zero-order chi connectivity index (χ0) is 22.3. The van der Waals surface area contributed by atoms with Crippen LogP contribution in [-0.2, 0) is 21.0 Å². The maximum atomic E-state index is 12.5. The minimum Gasteiger partial charge on any atom is -0.744 e. The summed E-state index contributed by atoms with van der Waals surface area (Å²) >= 11 is 0. The summed E-state index contributed by atoms with van der Waals surface area (Å²) in [5.41, 5.74) is 1.30. The van der Waals surface area contributed by atoms with Crippen LogP contribution in [0.3, 0.4) is 0 Å². The van der Waals surface area contributed by atoms with Crippen molar-refractivity contribution in [1.82, 2.24) is 0 Å². The first kappa shape index (κ1) is 22.7. The van der Waals surface area contributed by atoms with Crippen LogP contribution in [0.5, 0.6) is 0 Å². The Morgan fingerprint density at radius 3 is 1.48 bits per heavy atom. The molecule has 0 spiro atoms. The molecule has 4 rings (SSSR count). The van der Waals surface area contributed by atoms with Crippen molar-refractivity contribution in [3.05, 3.63) is 121 Å². The van der Waals surface area contributed by atoms with Gasteiger partial charge in [0.25, 0.3) is 0 Å². The Kier molecular flexibility index (Phi) is 7.63. The van der Waals surface area contributed by atoms with Crippen molar-refractivity contribution < 1.29 is 17.4 Å². The van der Waals surface area contributed by atoms with Gasteiger partial charge in [-0.05, 0) is 55.5 Å². The second kappa shape index (κ2) is 10.4. The van der Waals surface area contributed by atoms with E-state index in [9.17, 15) is 17.4 Å². The molecule has 0 aliphatic heterocycles. The minimum absolute atomic E-state index is 0.0229. The molecule has 0 heterocycles. The number of hydrogen-bond donors (Lipinski definition) is 0. The molecule has 0 atom stereocenters. The highest BCUT2D eigenvalue weighted by atomic mass is 32.2. The first-order chi connectivity index (χ1) is 14.9. The van der Waals surface area contributed by atoms with Gasteiger partial charge < -0.3 is 4.55 Å². The molecule has 0 aliphatic rings. The number of aryl methyl sites for hydroxylation is 1. The summed E-state index contributed by atoms with van der Waals surface area (Å²) in [5.74, 6) is -1.01. The fourth-order valence-corrected chi connectivity index (χ4v) is 5.48. The van der Waals surface area contributed by atoms with Crippen LogP contribution in [0, 0.1) is 12.7 Å². The molecule has 0 radical (unpaired) electrons. The Labute approximate surface area is 185 Å². The Morgan fingerprint density at radius 2 is 1.06 bits per heavy atom. The van der Waals surface area contributed by atoms with Crippen LogP contribution >= 0.6 is 0 Å². The minimum atomic E-state index is -4.66. The summed E-state index contributed by atoms with van der Waals surface area (Å²) in [6, 6.07) is 34.8. The van der Waals surface area contributed by atoms with E-state index in [1.165, 1.54) is 32.4 Å². The highest BCUT2D eigenvalue weighted by molar-refractivity contribution is 7.97. The predicted octanol–water partition coefficient (Wildman–Crippen LogP) is 5.82. The molecule has 0 bridgehead atoms. The van der Waals surface area contributed by atoms with Crippen molar-refractivity contribution in [2.24, 2.45) is 0 Å². The van der Waals surface area contributed by atoms with Gasteiger partial charge in [0, 0.05) is 0 Å². The Bertz CT molecular complexity index is 1170. The van der Waals surface area contributed by atoms with Gasteiger partial charge in [-0.2, -0.15) is 0 Å². The van der Waals surface area contributed by atoms with Gasteiger partial charge in [0.1, 0.15) is 15.9 Å². The first-order valence-corrected chi connectivity index (χ1v) is 12.1. The maximum absolute atomic E-state index is 12.5. The fraction of sp³-hybridized carbons (Fsp3) is 0.0400. The van der Waals surface area contributed by atoms with E-state index in [1.54, 1.807) is 0 Å². The SMILES string of the molecule is Cc1ccc([S+](c2ccccc2)c2ccccc2)cc1.O=S(=O)([O-])c1ccccc1F. The van der Waals surface area contributed by atoms with Gasteiger partial charge in [-0.25, -0.2) is 12.8 Å². The smallest absolute Gasteiger partial charge is 0.166 e. The fourth-order valence-electron chi connectivity index (χ4n) is 2.84. The monoisotopic (exact) mass is 452 g/mol. The average Bonchev–Trinajstić information content (AvgIpc) is 2.77. The second-order valence-corrected chi connectivity index (χ2v) is 10.0. The highest BCUT2D eigenvalue weighted by Gasteiger charge is 2.27. The van der Waals surface area contributed by atoms with Crippen LogP contribution in [0.1, 0.15) is 5.56 Å². The molecule has 0 aliphatic carbocycles. The van der Waals surface area contributed by atoms with Gasteiger partial charge in [-0.1, -0.05) is 66.2 Å². The Balaban J connectivity index is 0.000000210. The highest BCUT2D eigenvalue weighted by Crippen LogP contribution is 2.30. The molecule has 6 heteroatoms. The largest absolute Gasteiger partial charge is 0.744 e. The molecule has 0 fully saturated rings. The van der Waals surface area contributed by atoms with Crippen LogP contribution in [0.4, 0.5) is 4.39 Å². The molecular formula is C25H21FO3S2. The molecule has 0 aromatic heterocycles. The van der Waals surface area contributed by atoms with E-state index in [0.29, 0.717) is 0 Å². The number of hydrogen-bond acceptors (Lipinski definition) is 3. The first-order valence-electron chi connectivity index (χ1n) is 9.48. The summed E-state index contributed by atoms with van der Waals surface area (Å²) in [7, 11) is -4.68. The Morgan fingerprint density at radius 1 is 0.645 bits per heavy atom. The lowest BCUT2D eigenvalue weighted by molar-refractivity contribution is 0.455. The molecule has 158 valence electrons. The molecular weight excluding hydrogens is 431 g/mol. The van der Waals surface area contributed by atoms with Crippen molar-refractivity contribution in [2.45, 2.75) is 26.5 Å². The lowest BCUT2D eigenvalue weighted by atomic mass is 10.2. The Hall–Kier alpha value is -2.93. The maximum Gasteiger partial charge on any atom is 0.166 e. The van der Waals surface area contributed by atoms with Crippen molar-refractivity contribution in [3.8, 4) is 0 Å². The standard InChI is InChI=1S/C19H17S.C6H5FO3S/c1-16-12-14-19(15-13-16)20(17-8-4-2-5-9-17)18-10-6-3-7-11-18;7-5-3-1-2-4-6(5)11(8,9)10/h2-15H,1H3;1-4H,(H,8,9,10)/q+1;/p-1. The van der Waals surface area contributed by atoms with Gasteiger partial charge in [-0.3, -0.25) is 0 Å². The molecule has 4 aromatic rings. The van der Waals surface area contributed by atoms with E-state index in [1.807, 2.05) is 0 Å². The molecule has 3 nitrogen and oxygen atoms in total. The number of benzene rings is 4. The molecule has 0 saturated carbocycles. The lowest BCUT2D eigenvalue weighted by Crippen LogP contribution is -2.04. The molecule has 31 heavy (non-hydrogen) atoms. The van der Waals surface area contributed by atoms with E-state index in [-0.39, 0.29) is 10.9 Å². The van der Waals surface area contributed by atoms with Gasteiger partial charge in [-0.15, -0.1) is 0 Å². The zero-order valence-electron chi connectivity index (χ0n) is 16.8. The summed E-state index contributed by atoms with van der Waals surface area (Å²) in [6.07, 6.45) is 0. The van der Waals surface area contributed by atoms with Crippen molar-refractivity contribution in [3.63, 3.8) is 0 Å². The lowest BCUT2D eigenvalue weighted by Gasteiger charge is -2.07. The van der Waals surface area contributed by atoms with Crippen LogP contribution in [0.2, 0.25) is 0 Å². The van der Waals surface area contributed by atoms with Crippen LogP contribution < -0.4 is 0 Å². The van der Waals surface area contributed by atoms with Gasteiger partial charge >= 0.3 is 0 Å². The topological polar surface area (TPSA) is 57.2 Å². The molecule has 0 unspecified atom stereocenters. The summed E-state index contributed by atoms with van der Waals surface area (Å²) in [6.45, 7) is 2.13.